The maximum atomic E-state index is 12.1. The summed E-state index contributed by atoms with van der Waals surface area (Å²) < 4.78 is 11.8. The Kier molecular flexibility index (Phi) is 9.44. The molecule has 2 heterocycles. The number of benzene rings is 1. The fraction of sp³-hybridized carbons (Fsp3) is 0.652. The number of aliphatic imine (C=N–C) groups is 1. The van der Waals surface area contributed by atoms with Gasteiger partial charge in [0, 0.05) is 46.3 Å². The van der Waals surface area contributed by atoms with Crippen LogP contribution >= 0.6 is 0 Å². The molecule has 2 aliphatic rings. The summed E-state index contributed by atoms with van der Waals surface area (Å²) in [6.07, 6.45) is 6.53. The predicted octanol–water partition coefficient (Wildman–Crippen LogP) is 2.32. The first kappa shape index (κ1) is 22.6. The summed E-state index contributed by atoms with van der Waals surface area (Å²) in [4.78, 5) is 18.7. The molecule has 1 amide bonds. The summed E-state index contributed by atoms with van der Waals surface area (Å²) in [6.45, 7) is 4.55. The Bertz CT molecular complexity index is 654. The van der Waals surface area contributed by atoms with Crippen molar-refractivity contribution in [2.75, 3.05) is 39.9 Å². The Morgan fingerprint density at radius 1 is 1.17 bits per heavy atom. The molecule has 0 saturated carbocycles. The molecule has 0 radical (unpaired) electrons. The Hall–Kier alpha value is -2.12. The molecule has 2 saturated heterocycles. The number of carbonyl (C=O) groups is 1. The molecule has 1 unspecified atom stereocenters. The number of piperidine rings is 1. The Morgan fingerprint density at radius 3 is 2.67 bits per heavy atom. The van der Waals surface area contributed by atoms with Gasteiger partial charge in [-0.1, -0.05) is 30.3 Å². The number of ether oxygens (including phenoxy) is 2. The van der Waals surface area contributed by atoms with Crippen LogP contribution in [0.4, 0.5) is 0 Å². The van der Waals surface area contributed by atoms with Crippen molar-refractivity contribution in [1.82, 2.24) is 15.5 Å². The van der Waals surface area contributed by atoms with Crippen LogP contribution < -0.4 is 10.6 Å². The minimum absolute atomic E-state index is 0.0406. The number of nitrogens with one attached hydrogen (secondary N) is 2. The van der Waals surface area contributed by atoms with Gasteiger partial charge in [0.15, 0.2) is 5.96 Å². The molecule has 1 aromatic carbocycles. The van der Waals surface area contributed by atoms with Crippen molar-refractivity contribution in [2.24, 2.45) is 4.99 Å². The standard InChI is InChI=1S/C23H36N4O3/c1-24-23(25-13-10-22(28)26-17-19-7-3-2-4-8-19)27-14-11-20(12-15-27)30-18-21-9-5-6-16-29-21/h2-4,7-8,20-21H,5-6,9-18H2,1H3,(H,24,25)(H,26,28). The molecular weight excluding hydrogens is 380 g/mol. The van der Waals surface area contributed by atoms with Crippen LogP contribution in [0, 0.1) is 0 Å². The Labute approximate surface area is 180 Å². The second kappa shape index (κ2) is 12.5. The van der Waals surface area contributed by atoms with Gasteiger partial charge in [-0.15, -0.1) is 0 Å². The number of hydrogen-bond donors (Lipinski definition) is 2. The van der Waals surface area contributed by atoms with E-state index in [4.69, 9.17) is 9.47 Å². The maximum absolute atomic E-state index is 12.1. The molecule has 166 valence electrons. The van der Waals surface area contributed by atoms with Crippen molar-refractivity contribution in [1.29, 1.82) is 0 Å². The van der Waals surface area contributed by atoms with Gasteiger partial charge in [0.2, 0.25) is 5.91 Å². The zero-order chi connectivity index (χ0) is 21.0. The molecule has 0 bridgehead atoms. The normalized spacial score (nSPS) is 20.8. The number of amides is 1. The van der Waals surface area contributed by atoms with Gasteiger partial charge in [0.25, 0.3) is 0 Å². The molecule has 0 aromatic heterocycles. The zero-order valence-corrected chi connectivity index (χ0v) is 18.1. The largest absolute Gasteiger partial charge is 0.376 e. The fourth-order valence-corrected chi connectivity index (χ4v) is 3.92. The second-order valence-electron chi connectivity index (χ2n) is 7.99. The molecule has 0 aliphatic carbocycles. The molecule has 2 aliphatic heterocycles. The first-order valence-electron chi connectivity index (χ1n) is 11.2. The highest BCUT2D eigenvalue weighted by atomic mass is 16.5. The lowest BCUT2D eigenvalue weighted by Gasteiger charge is -2.35. The Balaban J connectivity index is 1.29. The van der Waals surface area contributed by atoms with Crippen molar-refractivity contribution in [3.8, 4) is 0 Å². The fourth-order valence-electron chi connectivity index (χ4n) is 3.92. The van der Waals surface area contributed by atoms with E-state index in [-0.39, 0.29) is 12.0 Å². The SMILES string of the molecule is CN=C(NCCC(=O)NCc1ccccc1)N1CCC(OCC2CCCCO2)CC1. The summed E-state index contributed by atoms with van der Waals surface area (Å²) in [5.41, 5.74) is 1.11. The molecule has 30 heavy (non-hydrogen) atoms. The average Bonchev–Trinajstić information content (AvgIpc) is 2.81. The zero-order valence-electron chi connectivity index (χ0n) is 18.1. The molecule has 3 rings (SSSR count). The van der Waals surface area contributed by atoms with E-state index in [1.165, 1.54) is 12.8 Å². The molecule has 0 spiro atoms. The third-order valence-electron chi connectivity index (χ3n) is 5.71. The number of hydrogen-bond acceptors (Lipinski definition) is 4. The van der Waals surface area contributed by atoms with E-state index in [0.717, 1.165) is 57.1 Å². The average molecular weight is 417 g/mol. The van der Waals surface area contributed by atoms with E-state index >= 15 is 0 Å². The van der Waals surface area contributed by atoms with Crippen LogP contribution in [-0.2, 0) is 20.8 Å². The molecule has 7 nitrogen and oxygen atoms in total. The van der Waals surface area contributed by atoms with Gasteiger partial charge in [-0.3, -0.25) is 9.79 Å². The molecule has 2 N–H and O–H groups in total. The lowest BCUT2D eigenvalue weighted by molar-refractivity contribution is -0.121. The van der Waals surface area contributed by atoms with Crippen molar-refractivity contribution in [2.45, 2.75) is 57.3 Å². The summed E-state index contributed by atoms with van der Waals surface area (Å²) >= 11 is 0. The van der Waals surface area contributed by atoms with Crippen LogP contribution in [0.5, 0.6) is 0 Å². The number of guanidine groups is 1. The van der Waals surface area contributed by atoms with Crippen LogP contribution in [-0.4, -0.2) is 68.9 Å². The quantitative estimate of drug-likeness (QED) is 0.503. The van der Waals surface area contributed by atoms with Crippen molar-refractivity contribution in [3.05, 3.63) is 35.9 Å². The molecule has 7 heteroatoms. The predicted molar refractivity (Wildman–Crippen MR) is 118 cm³/mol. The third kappa shape index (κ3) is 7.61. The summed E-state index contributed by atoms with van der Waals surface area (Å²) in [7, 11) is 1.79. The van der Waals surface area contributed by atoms with Gasteiger partial charge in [0.1, 0.15) is 0 Å². The van der Waals surface area contributed by atoms with Crippen molar-refractivity contribution < 1.29 is 14.3 Å². The number of carbonyl (C=O) groups excluding carboxylic acids is 1. The highest BCUT2D eigenvalue weighted by Crippen LogP contribution is 2.17. The maximum Gasteiger partial charge on any atom is 0.222 e. The van der Waals surface area contributed by atoms with Crippen LogP contribution in [0.1, 0.15) is 44.1 Å². The highest BCUT2D eigenvalue weighted by molar-refractivity contribution is 5.81. The summed E-state index contributed by atoms with van der Waals surface area (Å²) in [6, 6.07) is 9.95. The minimum Gasteiger partial charge on any atom is -0.376 e. The van der Waals surface area contributed by atoms with Gasteiger partial charge < -0.3 is 25.0 Å². The first-order valence-corrected chi connectivity index (χ1v) is 11.2. The monoisotopic (exact) mass is 416 g/mol. The first-order chi connectivity index (χ1) is 14.7. The van der Waals surface area contributed by atoms with Crippen LogP contribution in [0.2, 0.25) is 0 Å². The van der Waals surface area contributed by atoms with E-state index in [0.29, 0.717) is 25.6 Å². The van der Waals surface area contributed by atoms with E-state index in [9.17, 15) is 4.79 Å². The lowest BCUT2D eigenvalue weighted by atomic mass is 10.1. The van der Waals surface area contributed by atoms with Gasteiger partial charge in [0.05, 0.1) is 18.8 Å². The smallest absolute Gasteiger partial charge is 0.222 e. The van der Waals surface area contributed by atoms with Crippen LogP contribution in [0.15, 0.2) is 35.3 Å². The van der Waals surface area contributed by atoms with Crippen LogP contribution in [0.25, 0.3) is 0 Å². The minimum atomic E-state index is 0.0406. The molecular formula is C23H36N4O3. The molecule has 1 aromatic rings. The second-order valence-corrected chi connectivity index (χ2v) is 7.99. The number of nitrogens with zero attached hydrogens (tertiary/aromatic N) is 2. The molecule has 2 fully saturated rings. The highest BCUT2D eigenvalue weighted by Gasteiger charge is 2.23. The number of rotatable bonds is 8. The van der Waals surface area contributed by atoms with Crippen molar-refractivity contribution >= 4 is 11.9 Å². The van der Waals surface area contributed by atoms with Gasteiger partial charge in [-0.25, -0.2) is 0 Å². The lowest BCUT2D eigenvalue weighted by Crippen LogP contribution is -2.47. The van der Waals surface area contributed by atoms with Crippen LogP contribution in [0.3, 0.4) is 0 Å². The van der Waals surface area contributed by atoms with Gasteiger partial charge in [-0.2, -0.15) is 0 Å². The Morgan fingerprint density at radius 2 is 1.97 bits per heavy atom. The third-order valence-corrected chi connectivity index (χ3v) is 5.71. The van der Waals surface area contributed by atoms with E-state index in [1.54, 1.807) is 7.05 Å². The summed E-state index contributed by atoms with van der Waals surface area (Å²) in [5, 5.41) is 6.28. The van der Waals surface area contributed by atoms with Crippen molar-refractivity contribution in [3.63, 3.8) is 0 Å². The van der Waals surface area contributed by atoms with Gasteiger partial charge >= 0.3 is 0 Å². The number of likely N-dealkylation sites (tertiary alicyclic amines) is 1. The van der Waals surface area contributed by atoms with Gasteiger partial charge in [-0.05, 0) is 37.7 Å². The van der Waals surface area contributed by atoms with E-state index in [2.05, 4.69) is 20.5 Å². The van der Waals surface area contributed by atoms with E-state index in [1.807, 2.05) is 30.3 Å². The summed E-state index contributed by atoms with van der Waals surface area (Å²) in [5.74, 6) is 0.902. The topological polar surface area (TPSA) is 75.2 Å². The van der Waals surface area contributed by atoms with E-state index < -0.39 is 0 Å². The molecule has 1 atom stereocenters.